The van der Waals surface area contributed by atoms with Gasteiger partial charge in [-0.3, -0.25) is 0 Å². The summed E-state index contributed by atoms with van der Waals surface area (Å²) in [7, 11) is 0. The summed E-state index contributed by atoms with van der Waals surface area (Å²) in [6.07, 6.45) is 11.8. The molecule has 4 rings (SSSR count). The lowest BCUT2D eigenvalue weighted by atomic mass is 9.49. The van der Waals surface area contributed by atoms with Crippen molar-refractivity contribution >= 4 is 0 Å². The van der Waals surface area contributed by atoms with Gasteiger partial charge in [0.1, 0.15) is 0 Å². The van der Waals surface area contributed by atoms with Crippen LogP contribution in [0.5, 0.6) is 0 Å². The van der Waals surface area contributed by atoms with E-state index in [1.807, 2.05) is 0 Å². The van der Waals surface area contributed by atoms with Crippen LogP contribution in [0, 0.1) is 40.4 Å². The highest BCUT2D eigenvalue weighted by Crippen LogP contribution is 2.66. The van der Waals surface area contributed by atoms with Crippen molar-refractivity contribution in [3.63, 3.8) is 0 Å². The van der Waals surface area contributed by atoms with Crippen LogP contribution < -0.4 is 0 Å². The van der Waals surface area contributed by atoms with Crippen molar-refractivity contribution in [2.75, 3.05) is 0 Å². The molecule has 0 aromatic carbocycles. The van der Waals surface area contributed by atoms with Gasteiger partial charge < -0.3 is 15.3 Å². The van der Waals surface area contributed by atoms with Gasteiger partial charge in [-0.2, -0.15) is 0 Å². The topological polar surface area (TPSA) is 60.7 Å². The van der Waals surface area contributed by atoms with E-state index in [-0.39, 0.29) is 11.5 Å². The monoisotopic (exact) mass is 416 g/mol. The van der Waals surface area contributed by atoms with Gasteiger partial charge >= 0.3 is 0 Å². The van der Waals surface area contributed by atoms with Crippen LogP contribution in [0.2, 0.25) is 0 Å². The van der Waals surface area contributed by atoms with E-state index >= 15 is 0 Å². The van der Waals surface area contributed by atoms with E-state index in [0.717, 1.165) is 25.2 Å². The van der Waals surface area contributed by atoms with Crippen molar-refractivity contribution in [2.45, 2.75) is 104 Å². The summed E-state index contributed by atoms with van der Waals surface area (Å²) in [6.45, 7) is 11.4. The lowest BCUT2D eigenvalue weighted by Gasteiger charge is -2.56. The lowest BCUT2D eigenvalue weighted by molar-refractivity contribution is -0.0546. The number of allylic oxidation sites excluding steroid dienone is 3. The molecule has 3 heteroatoms. The zero-order valence-corrected chi connectivity index (χ0v) is 19.8. The lowest BCUT2D eigenvalue weighted by Crippen LogP contribution is -2.52. The first-order valence-corrected chi connectivity index (χ1v) is 12.5. The van der Waals surface area contributed by atoms with E-state index in [2.05, 4.69) is 46.8 Å². The Hall–Kier alpha value is -0.640. The Morgan fingerprint density at radius 1 is 1.00 bits per heavy atom. The van der Waals surface area contributed by atoms with Crippen molar-refractivity contribution in [1.82, 2.24) is 0 Å². The molecular formula is C27H44O3. The minimum Gasteiger partial charge on any atom is -0.393 e. The molecule has 9 atom stereocenters. The van der Waals surface area contributed by atoms with Gasteiger partial charge in [0.05, 0.1) is 18.3 Å². The molecule has 4 aliphatic carbocycles. The fourth-order valence-corrected chi connectivity index (χ4v) is 7.99. The molecule has 0 radical (unpaired) electrons. The summed E-state index contributed by atoms with van der Waals surface area (Å²) in [5.74, 6) is 2.75. The third-order valence-electron chi connectivity index (χ3n) is 10.1. The van der Waals surface area contributed by atoms with Crippen LogP contribution in [0.4, 0.5) is 0 Å². The van der Waals surface area contributed by atoms with Gasteiger partial charge in [-0.15, -0.1) is 0 Å². The Kier molecular flexibility index (Phi) is 6.05. The zero-order valence-electron chi connectivity index (χ0n) is 19.8. The molecule has 0 unspecified atom stereocenters. The van der Waals surface area contributed by atoms with Gasteiger partial charge in [0, 0.05) is 11.8 Å². The normalized spacial score (nSPS) is 45.2. The number of aliphatic hydroxyl groups excluding tert-OH is 3. The minimum absolute atomic E-state index is 0.180. The van der Waals surface area contributed by atoms with Crippen LogP contribution in [-0.2, 0) is 0 Å². The van der Waals surface area contributed by atoms with Crippen LogP contribution in [0.25, 0.3) is 0 Å². The van der Waals surface area contributed by atoms with Crippen molar-refractivity contribution in [2.24, 2.45) is 40.4 Å². The van der Waals surface area contributed by atoms with E-state index in [1.54, 1.807) is 5.57 Å². The maximum atomic E-state index is 11.0. The Bertz CT molecular complexity index is 709. The highest BCUT2D eigenvalue weighted by atomic mass is 16.3. The molecule has 0 bridgehead atoms. The maximum Gasteiger partial charge on any atom is 0.0661 e. The zero-order chi connectivity index (χ0) is 21.8. The Balaban J connectivity index is 1.55. The van der Waals surface area contributed by atoms with E-state index in [0.29, 0.717) is 41.9 Å². The Morgan fingerprint density at radius 2 is 1.73 bits per heavy atom. The summed E-state index contributed by atoms with van der Waals surface area (Å²) in [5.41, 5.74) is 2.99. The van der Waals surface area contributed by atoms with Crippen LogP contribution in [-0.4, -0.2) is 33.6 Å². The van der Waals surface area contributed by atoms with Crippen LogP contribution in [0.3, 0.4) is 0 Å². The summed E-state index contributed by atoms with van der Waals surface area (Å²) in [5, 5.41) is 31.5. The second-order valence-corrected chi connectivity index (χ2v) is 12.0. The fraction of sp³-hybridized carbons (Fsp3) is 0.852. The molecule has 0 saturated heterocycles. The fourth-order valence-electron chi connectivity index (χ4n) is 7.99. The third kappa shape index (κ3) is 3.44. The maximum absolute atomic E-state index is 11.0. The second-order valence-electron chi connectivity index (χ2n) is 12.0. The highest BCUT2D eigenvalue weighted by Gasteiger charge is 2.58. The molecule has 0 heterocycles. The summed E-state index contributed by atoms with van der Waals surface area (Å²) < 4.78 is 0. The quantitative estimate of drug-likeness (QED) is 0.573. The number of aliphatic hydroxyl groups is 3. The van der Waals surface area contributed by atoms with Gasteiger partial charge in [-0.05, 0) is 80.0 Å². The minimum atomic E-state index is -0.445. The van der Waals surface area contributed by atoms with Gasteiger partial charge in [-0.25, -0.2) is 0 Å². The average molecular weight is 417 g/mol. The van der Waals surface area contributed by atoms with Crippen molar-refractivity contribution in [1.29, 1.82) is 0 Å². The van der Waals surface area contributed by atoms with E-state index in [9.17, 15) is 15.3 Å². The Labute approximate surface area is 183 Å². The molecule has 0 aromatic heterocycles. The predicted octanol–water partition coefficient (Wildman–Crippen LogP) is 5.25. The molecule has 3 nitrogen and oxygen atoms in total. The highest BCUT2D eigenvalue weighted by molar-refractivity contribution is 5.40. The summed E-state index contributed by atoms with van der Waals surface area (Å²) in [4.78, 5) is 0. The molecule has 0 aliphatic heterocycles. The van der Waals surface area contributed by atoms with E-state index in [4.69, 9.17) is 0 Å². The van der Waals surface area contributed by atoms with E-state index in [1.165, 1.54) is 24.8 Å². The SMILES string of the molecule is CC(C)[C@H](O)CC[C@@H](C)[C@H]1CC[C@H]2C3=CC=C4C[C@@H](O)C[C@H](O)[C@]4(C)[C@H]3CC[C@]12C. The molecule has 30 heavy (non-hydrogen) atoms. The summed E-state index contributed by atoms with van der Waals surface area (Å²) >= 11 is 0. The van der Waals surface area contributed by atoms with Gasteiger partial charge in [0.25, 0.3) is 0 Å². The standard InChI is InChI=1S/C27H44O3/c1-16(2)24(29)11-6-17(3)21-9-10-22-20-8-7-18-14-19(28)15-25(30)27(18,5)23(20)12-13-26(21,22)4/h7-8,16-17,19,21-25,28-30H,6,9-15H2,1-5H3/t17-,19-,21-,22+,23+,24-,25+,26-,27+/m1/s1. The van der Waals surface area contributed by atoms with Crippen LogP contribution in [0.1, 0.15) is 86.0 Å². The molecule has 0 spiro atoms. The Morgan fingerprint density at radius 3 is 2.43 bits per heavy atom. The first kappa shape index (κ1) is 22.6. The molecular weight excluding hydrogens is 372 g/mol. The molecule has 0 aromatic rings. The number of fused-ring (bicyclic) bond motifs is 5. The molecule has 170 valence electrons. The molecule has 3 saturated carbocycles. The molecule has 3 N–H and O–H groups in total. The van der Waals surface area contributed by atoms with Gasteiger partial charge in [-0.1, -0.05) is 57.9 Å². The number of rotatable bonds is 5. The van der Waals surface area contributed by atoms with Crippen molar-refractivity contribution in [3.8, 4) is 0 Å². The predicted molar refractivity (Wildman–Crippen MR) is 122 cm³/mol. The molecule has 4 aliphatic rings. The van der Waals surface area contributed by atoms with Crippen LogP contribution in [0.15, 0.2) is 23.3 Å². The van der Waals surface area contributed by atoms with Gasteiger partial charge in [0.2, 0.25) is 0 Å². The van der Waals surface area contributed by atoms with Crippen molar-refractivity contribution in [3.05, 3.63) is 23.3 Å². The number of hydrogen-bond donors (Lipinski definition) is 3. The van der Waals surface area contributed by atoms with E-state index < -0.39 is 12.2 Å². The molecule has 0 amide bonds. The average Bonchev–Trinajstić information content (AvgIpc) is 3.04. The number of hydrogen-bond acceptors (Lipinski definition) is 3. The third-order valence-corrected chi connectivity index (χ3v) is 10.1. The first-order valence-electron chi connectivity index (χ1n) is 12.5. The smallest absolute Gasteiger partial charge is 0.0661 e. The second kappa shape index (κ2) is 8.05. The first-order chi connectivity index (χ1) is 14.1. The van der Waals surface area contributed by atoms with Gasteiger partial charge in [0.15, 0.2) is 0 Å². The van der Waals surface area contributed by atoms with Crippen LogP contribution >= 0.6 is 0 Å². The molecule has 3 fully saturated rings. The largest absolute Gasteiger partial charge is 0.393 e. The summed E-state index contributed by atoms with van der Waals surface area (Å²) in [6, 6.07) is 0. The van der Waals surface area contributed by atoms with Crippen molar-refractivity contribution < 1.29 is 15.3 Å².